The molecule has 0 bridgehead atoms. The van der Waals surface area contributed by atoms with Gasteiger partial charge in [0.1, 0.15) is 0 Å². The number of nitrogens with one attached hydrogen (secondary N) is 2. The van der Waals surface area contributed by atoms with Crippen LogP contribution in [-0.4, -0.2) is 48.6 Å². The van der Waals surface area contributed by atoms with Crippen molar-refractivity contribution in [3.05, 3.63) is 0 Å². The predicted octanol–water partition coefficient (Wildman–Crippen LogP) is 1.51. The van der Waals surface area contributed by atoms with Crippen molar-refractivity contribution in [1.82, 2.24) is 10.6 Å². The van der Waals surface area contributed by atoms with E-state index in [2.05, 4.69) is 24.5 Å². The summed E-state index contributed by atoms with van der Waals surface area (Å²) < 4.78 is 0. The Bertz CT molecular complexity index is 135. The molecule has 0 aliphatic carbocycles. The summed E-state index contributed by atoms with van der Waals surface area (Å²) in [6, 6.07) is 0. The first kappa shape index (κ1) is 24.4. The van der Waals surface area contributed by atoms with Gasteiger partial charge in [0.2, 0.25) is 0 Å². The van der Waals surface area contributed by atoms with Crippen LogP contribution in [0.1, 0.15) is 53.4 Å². The third-order valence-corrected chi connectivity index (χ3v) is 2.56. The summed E-state index contributed by atoms with van der Waals surface area (Å²) in [4.78, 5) is 0. The van der Waals surface area contributed by atoms with Gasteiger partial charge in [-0.3, -0.25) is 0 Å². The molecular weight excluding hydrogens is 292 g/mol. The van der Waals surface area contributed by atoms with E-state index in [4.69, 9.17) is 10.2 Å². The maximum absolute atomic E-state index is 9.02. The van der Waals surface area contributed by atoms with Crippen molar-refractivity contribution in [1.29, 1.82) is 0 Å². The van der Waals surface area contributed by atoms with E-state index >= 15 is 0 Å². The molecule has 0 fully saturated rings. The average Bonchev–Trinajstić information content (AvgIpc) is 2.39. The van der Waals surface area contributed by atoms with E-state index in [1.165, 1.54) is 0 Å². The average molecular weight is 326 g/mol. The van der Waals surface area contributed by atoms with Gasteiger partial charge < -0.3 is 20.8 Å². The first-order valence-electron chi connectivity index (χ1n) is 7.39. The van der Waals surface area contributed by atoms with Crippen LogP contribution in [0, 0.1) is 0 Å². The first-order valence-corrected chi connectivity index (χ1v) is 7.39. The minimum atomic E-state index is -0.156. The van der Waals surface area contributed by atoms with Gasteiger partial charge in [-0.05, 0) is 38.8 Å². The Kier molecular flexibility index (Phi) is 26.5. The Morgan fingerprint density at radius 3 is 1.26 bits per heavy atom. The molecule has 4 nitrogen and oxygen atoms in total. The summed E-state index contributed by atoms with van der Waals surface area (Å²) in [5.74, 6) is 0. The fourth-order valence-electron chi connectivity index (χ4n) is 1.18. The minimum Gasteiger partial charge on any atom is -0.392 e. The molecule has 2 atom stereocenters. The molecule has 19 heavy (non-hydrogen) atoms. The molecule has 0 aliphatic heterocycles. The van der Waals surface area contributed by atoms with Gasteiger partial charge in [0.05, 0.1) is 12.2 Å². The van der Waals surface area contributed by atoms with Gasteiger partial charge >= 0.3 is 0 Å². The number of hydrogen-bond donors (Lipinski definition) is 4. The number of aliphatic hydroxyl groups is 2. The topological polar surface area (TPSA) is 64.5 Å². The van der Waals surface area contributed by atoms with E-state index in [1.807, 2.05) is 13.8 Å². The first-order chi connectivity index (χ1) is 8.62. The van der Waals surface area contributed by atoms with E-state index in [0.29, 0.717) is 0 Å². The summed E-state index contributed by atoms with van der Waals surface area (Å²) in [5, 5.41) is 24.3. The second-order valence-corrected chi connectivity index (χ2v) is 4.53. The van der Waals surface area contributed by atoms with Crippen LogP contribution in [0.3, 0.4) is 0 Å². The maximum Gasteiger partial charge on any atom is 0.0662 e. The minimum absolute atomic E-state index is 0. The van der Waals surface area contributed by atoms with Crippen LogP contribution < -0.4 is 10.6 Å². The molecule has 0 amide bonds. The van der Waals surface area contributed by atoms with Gasteiger partial charge in [-0.1, -0.05) is 27.7 Å². The fourth-order valence-corrected chi connectivity index (χ4v) is 1.18. The van der Waals surface area contributed by atoms with E-state index in [-0.39, 0.29) is 29.3 Å². The molecule has 1 radical (unpaired) electrons. The standard InChI is InChI=1S/2C7H17NO.Cu/c2*1-3-5-8-6-7(9)4-2;/h2*7-9H,3-6H2,1-2H3;. The second kappa shape index (κ2) is 20.7. The largest absolute Gasteiger partial charge is 0.392 e. The molecular formula is C14H34CuN2O2. The molecule has 4 N–H and O–H groups in total. The smallest absolute Gasteiger partial charge is 0.0662 e. The fraction of sp³-hybridized carbons (Fsp3) is 1.00. The summed E-state index contributed by atoms with van der Waals surface area (Å²) in [6.07, 6.45) is 3.65. The molecule has 0 aliphatic rings. The van der Waals surface area contributed by atoms with Gasteiger partial charge in [-0.2, -0.15) is 0 Å². The number of rotatable bonds is 10. The molecule has 123 valence electrons. The molecule has 5 heteroatoms. The van der Waals surface area contributed by atoms with Gasteiger partial charge in [0.15, 0.2) is 0 Å². The zero-order valence-corrected chi connectivity index (χ0v) is 13.9. The molecule has 0 aromatic heterocycles. The van der Waals surface area contributed by atoms with Gasteiger partial charge in [0, 0.05) is 30.2 Å². The summed E-state index contributed by atoms with van der Waals surface area (Å²) in [7, 11) is 0. The maximum atomic E-state index is 9.02. The van der Waals surface area contributed by atoms with E-state index in [0.717, 1.165) is 51.9 Å². The van der Waals surface area contributed by atoms with Crippen molar-refractivity contribution in [2.45, 2.75) is 65.6 Å². The van der Waals surface area contributed by atoms with Crippen LogP contribution >= 0.6 is 0 Å². The summed E-state index contributed by atoms with van der Waals surface area (Å²) in [6.45, 7) is 11.7. The van der Waals surface area contributed by atoms with Crippen LogP contribution in [0.4, 0.5) is 0 Å². The molecule has 0 heterocycles. The van der Waals surface area contributed by atoms with Crippen LogP contribution in [-0.2, 0) is 17.1 Å². The van der Waals surface area contributed by atoms with Gasteiger partial charge in [0.25, 0.3) is 0 Å². The Labute approximate surface area is 130 Å². The predicted molar refractivity (Wildman–Crippen MR) is 78.9 cm³/mol. The summed E-state index contributed by atoms with van der Waals surface area (Å²) in [5.41, 5.74) is 0. The summed E-state index contributed by atoms with van der Waals surface area (Å²) >= 11 is 0. The van der Waals surface area contributed by atoms with Gasteiger partial charge in [-0.15, -0.1) is 0 Å². The van der Waals surface area contributed by atoms with Crippen LogP contribution in [0.5, 0.6) is 0 Å². The normalized spacial score (nSPS) is 12.9. The van der Waals surface area contributed by atoms with E-state index in [9.17, 15) is 0 Å². The van der Waals surface area contributed by atoms with Gasteiger partial charge in [-0.25, -0.2) is 0 Å². The van der Waals surface area contributed by atoms with Crippen LogP contribution in [0.2, 0.25) is 0 Å². The number of aliphatic hydroxyl groups excluding tert-OH is 2. The quantitative estimate of drug-likeness (QED) is 0.363. The van der Waals surface area contributed by atoms with Crippen molar-refractivity contribution < 1.29 is 27.3 Å². The van der Waals surface area contributed by atoms with Crippen LogP contribution in [0.25, 0.3) is 0 Å². The van der Waals surface area contributed by atoms with Crippen molar-refractivity contribution in [2.75, 3.05) is 26.2 Å². The molecule has 0 aromatic carbocycles. The molecule has 0 saturated heterocycles. The number of hydrogen-bond acceptors (Lipinski definition) is 4. The zero-order chi connectivity index (χ0) is 14.2. The van der Waals surface area contributed by atoms with Crippen molar-refractivity contribution in [3.63, 3.8) is 0 Å². The van der Waals surface area contributed by atoms with Crippen LogP contribution in [0.15, 0.2) is 0 Å². The third-order valence-electron chi connectivity index (χ3n) is 2.56. The van der Waals surface area contributed by atoms with Crippen molar-refractivity contribution in [3.8, 4) is 0 Å². The Morgan fingerprint density at radius 2 is 1.05 bits per heavy atom. The molecule has 0 saturated carbocycles. The Hall–Kier alpha value is 0.359. The van der Waals surface area contributed by atoms with E-state index in [1.54, 1.807) is 0 Å². The third kappa shape index (κ3) is 23.8. The second-order valence-electron chi connectivity index (χ2n) is 4.53. The molecule has 2 unspecified atom stereocenters. The molecule has 0 spiro atoms. The van der Waals surface area contributed by atoms with E-state index < -0.39 is 0 Å². The zero-order valence-electron chi connectivity index (χ0n) is 13.0. The van der Waals surface area contributed by atoms with Crippen molar-refractivity contribution in [2.24, 2.45) is 0 Å². The monoisotopic (exact) mass is 325 g/mol. The molecule has 0 aromatic rings. The SMILES string of the molecule is CCCNCC(O)CC.CCCNCC(O)CC.[Cu]. The Morgan fingerprint density at radius 1 is 0.737 bits per heavy atom. The Balaban J connectivity index is -0.000000256. The van der Waals surface area contributed by atoms with Crippen molar-refractivity contribution >= 4 is 0 Å². The molecule has 0 rings (SSSR count).